The Kier molecular flexibility index (Phi) is 5.38. The van der Waals surface area contributed by atoms with E-state index in [0.717, 1.165) is 10.0 Å². The molecule has 2 aromatic carbocycles. The zero-order chi connectivity index (χ0) is 17.1. The molecule has 7 heteroatoms. The van der Waals surface area contributed by atoms with Crippen molar-refractivity contribution in [2.75, 3.05) is 0 Å². The highest BCUT2D eigenvalue weighted by Crippen LogP contribution is 2.31. The molecule has 4 nitrogen and oxygen atoms in total. The number of halogens is 2. The summed E-state index contributed by atoms with van der Waals surface area (Å²) in [6, 6.07) is 14.4. The monoisotopic (exact) mass is 422 g/mol. The van der Waals surface area contributed by atoms with Crippen LogP contribution in [-0.2, 0) is 0 Å². The Hall–Kier alpha value is -1.63. The highest BCUT2D eigenvalue weighted by atomic mass is 79.9. The zero-order valence-electron chi connectivity index (χ0n) is 12.6. The normalized spacial score (nSPS) is 12.1. The predicted octanol–water partition coefficient (Wildman–Crippen LogP) is 5.52. The van der Waals surface area contributed by atoms with Gasteiger partial charge in [0.1, 0.15) is 0 Å². The number of carbonyl (C=O) groups is 1. The Labute approximate surface area is 156 Å². The molecule has 24 heavy (non-hydrogen) atoms. The molecule has 1 atom stereocenters. The average molecular weight is 424 g/mol. The predicted molar refractivity (Wildman–Crippen MR) is 98.5 cm³/mol. The molecule has 1 heterocycles. The first-order valence-corrected chi connectivity index (χ1v) is 9.14. The SMILES string of the molecule is C[C@@H](Sc1nnc(-c2ccccc2Br)o1)C(=O)c1ccc(Cl)cc1. The first-order chi connectivity index (χ1) is 11.5. The molecular formula is C17H12BrClN2O2S. The van der Waals surface area contributed by atoms with Crippen LogP contribution in [0.25, 0.3) is 11.5 Å². The number of Topliss-reactive ketones (excluding diaryl/α,β-unsaturated/α-hetero) is 1. The van der Waals surface area contributed by atoms with Crippen molar-refractivity contribution in [3.8, 4) is 11.5 Å². The number of carbonyl (C=O) groups excluding carboxylic acids is 1. The summed E-state index contributed by atoms with van der Waals surface area (Å²) in [6.45, 7) is 1.81. The Morgan fingerprint density at radius 3 is 2.58 bits per heavy atom. The lowest BCUT2D eigenvalue weighted by Gasteiger charge is -2.07. The van der Waals surface area contributed by atoms with Crippen LogP contribution in [0.5, 0.6) is 0 Å². The van der Waals surface area contributed by atoms with Gasteiger partial charge in [0.25, 0.3) is 5.22 Å². The van der Waals surface area contributed by atoms with E-state index in [0.29, 0.717) is 21.7 Å². The summed E-state index contributed by atoms with van der Waals surface area (Å²) in [4.78, 5) is 12.4. The van der Waals surface area contributed by atoms with Gasteiger partial charge in [0.15, 0.2) is 5.78 Å². The molecule has 1 aromatic heterocycles. The molecule has 3 rings (SSSR count). The van der Waals surface area contributed by atoms with E-state index in [4.69, 9.17) is 16.0 Å². The number of benzene rings is 2. The third-order valence-electron chi connectivity index (χ3n) is 3.29. The minimum Gasteiger partial charge on any atom is -0.411 e. The lowest BCUT2D eigenvalue weighted by atomic mass is 10.1. The maximum Gasteiger partial charge on any atom is 0.277 e. The van der Waals surface area contributed by atoms with Crippen molar-refractivity contribution in [2.45, 2.75) is 17.4 Å². The van der Waals surface area contributed by atoms with Crippen LogP contribution in [0, 0.1) is 0 Å². The second kappa shape index (κ2) is 7.51. The number of nitrogens with zero attached hydrogens (tertiary/aromatic N) is 2. The number of rotatable bonds is 5. The Balaban J connectivity index is 1.73. The van der Waals surface area contributed by atoms with Crippen LogP contribution in [0.1, 0.15) is 17.3 Å². The van der Waals surface area contributed by atoms with Crippen LogP contribution < -0.4 is 0 Å². The summed E-state index contributed by atoms with van der Waals surface area (Å²) in [5.41, 5.74) is 1.42. The van der Waals surface area contributed by atoms with E-state index in [-0.39, 0.29) is 11.0 Å². The standard InChI is InChI=1S/C17H12BrClN2O2S/c1-10(15(22)11-6-8-12(19)9-7-11)24-17-21-20-16(23-17)13-4-2-3-5-14(13)18/h2-10H,1H3/t10-/m1/s1. The summed E-state index contributed by atoms with van der Waals surface area (Å²) in [6.07, 6.45) is 0. The Bertz CT molecular complexity index is 867. The number of hydrogen-bond acceptors (Lipinski definition) is 5. The third kappa shape index (κ3) is 3.88. The van der Waals surface area contributed by atoms with Gasteiger partial charge < -0.3 is 4.42 Å². The fourth-order valence-corrected chi connectivity index (χ4v) is 3.40. The smallest absolute Gasteiger partial charge is 0.277 e. The van der Waals surface area contributed by atoms with E-state index in [1.54, 1.807) is 24.3 Å². The molecule has 0 radical (unpaired) electrons. The van der Waals surface area contributed by atoms with Gasteiger partial charge in [-0.15, -0.1) is 10.2 Å². The molecule has 0 aliphatic rings. The lowest BCUT2D eigenvalue weighted by molar-refractivity contribution is 0.0993. The second-order valence-corrected chi connectivity index (χ2v) is 7.57. The van der Waals surface area contributed by atoms with Gasteiger partial charge in [-0.2, -0.15) is 0 Å². The van der Waals surface area contributed by atoms with E-state index < -0.39 is 0 Å². The molecule has 3 aromatic rings. The largest absolute Gasteiger partial charge is 0.411 e. The molecular weight excluding hydrogens is 412 g/mol. The molecule has 0 bridgehead atoms. The summed E-state index contributed by atoms with van der Waals surface area (Å²) >= 11 is 10.5. The number of thioether (sulfide) groups is 1. The van der Waals surface area contributed by atoms with Crippen LogP contribution in [-0.4, -0.2) is 21.2 Å². The minimum atomic E-state index is -0.348. The molecule has 0 unspecified atom stereocenters. The van der Waals surface area contributed by atoms with Gasteiger partial charge in [0, 0.05) is 15.1 Å². The molecule has 122 valence electrons. The summed E-state index contributed by atoms with van der Waals surface area (Å²) in [7, 11) is 0. The molecule has 0 saturated carbocycles. The zero-order valence-corrected chi connectivity index (χ0v) is 15.7. The summed E-state index contributed by atoms with van der Waals surface area (Å²) in [5.74, 6) is 0.397. The number of ketones is 1. The fraction of sp³-hybridized carbons (Fsp3) is 0.118. The van der Waals surface area contributed by atoms with Gasteiger partial charge in [-0.1, -0.05) is 35.5 Å². The van der Waals surface area contributed by atoms with Crippen molar-refractivity contribution in [2.24, 2.45) is 0 Å². The second-order valence-electron chi connectivity index (χ2n) is 4.98. The van der Waals surface area contributed by atoms with Crippen molar-refractivity contribution in [1.82, 2.24) is 10.2 Å². The van der Waals surface area contributed by atoms with Crippen molar-refractivity contribution in [3.05, 3.63) is 63.6 Å². The van der Waals surface area contributed by atoms with Crippen LogP contribution in [0.4, 0.5) is 0 Å². The fourth-order valence-electron chi connectivity index (χ4n) is 2.05. The van der Waals surface area contributed by atoms with E-state index in [2.05, 4.69) is 26.1 Å². The van der Waals surface area contributed by atoms with Gasteiger partial charge in [-0.3, -0.25) is 4.79 Å². The molecule has 0 amide bonds. The average Bonchev–Trinajstić information content (AvgIpc) is 3.03. The highest BCUT2D eigenvalue weighted by molar-refractivity contribution is 9.10. The van der Waals surface area contributed by atoms with Crippen molar-refractivity contribution in [1.29, 1.82) is 0 Å². The molecule has 0 aliphatic heterocycles. The summed E-state index contributed by atoms with van der Waals surface area (Å²) in [5, 5.41) is 8.67. The Morgan fingerprint density at radius 1 is 1.17 bits per heavy atom. The molecule has 0 spiro atoms. The van der Waals surface area contributed by atoms with Crippen LogP contribution >= 0.6 is 39.3 Å². The molecule has 0 N–H and O–H groups in total. The van der Waals surface area contributed by atoms with Gasteiger partial charge in [-0.05, 0) is 59.3 Å². The first kappa shape index (κ1) is 17.2. The van der Waals surface area contributed by atoms with Gasteiger partial charge in [0.2, 0.25) is 5.89 Å². The molecule has 0 fully saturated rings. The van der Waals surface area contributed by atoms with E-state index in [9.17, 15) is 4.79 Å². The topological polar surface area (TPSA) is 56.0 Å². The van der Waals surface area contributed by atoms with Crippen molar-refractivity contribution >= 4 is 45.1 Å². The molecule has 0 aliphatic carbocycles. The van der Waals surface area contributed by atoms with Gasteiger partial charge >= 0.3 is 0 Å². The van der Waals surface area contributed by atoms with Gasteiger partial charge in [0.05, 0.1) is 10.8 Å². The van der Waals surface area contributed by atoms with Crippen LogP contribution in [0.15, 0.2) is 62.6 Å². The lowest BCUT2D eigenvalue weighted by Crippen LogP contribution is -2.13. The quantitative estimate of drug-likeness (QED) is 0.400. The van der Waals surface area contributed by atoms with Crippen LogP contribution in [0.2, 0.25) is 5.02 Å². The van der Waals surface area contributed by atoms with E-state index >= 15 is 0 Å². The van der Waals surface area contributed by atoms with Crippen LogP contribution in [0.3, 0.4) is 0 Å². The summed E-state index contributed by atoms with van der Waals surface area (Å²) < 4.78 is 6.53. The first-order valence-electron chi connectivity index (χ1n) is 7.09. The van der Waals surface area contributed by atoms with Crippen molar-refractivity contribution in [3.63, 3.8) is 0 Å². The maximum absolute atomic E-state index is 12.4. The Morgan fingerprint density at radius 2 is 1.88 bits per heavy atom. The van der Waals surface area contributed by atoms with E-state index in [1.807, 2.05) is 31.2 Å². The maximum atomic E-state index is 12.4. The number of aromatic nitrogens is 2. The third-order valence-corrected chi connectivity index (χ3v) is 5.16. The molecule has 0 saturated heterocycles. The van der Waals surface area contributed by atoms with Crippen molar-refractivity contribution < 1.29 is 9.21 Å². The van der Waals surface area contributed by atoms with Gasteiger partial charge in [-0.25, -0.2) is 0 Å². The minimum absolute atomic E-state index is 0.0164. The van der Waals surface area contributed by atoms with E-state index in [1.165, 1.54) is 11.8 Å². The number of hydrogen-bond donors (Lipinski definition) is 0. The highest BCUT2D eigenvalue weighted by Gasteiger charge is 2.20.